The average molecular weight is 365 g/mol. The molecule has 1 unspecified atom stereocenters. The van der Waals surface area contributed by atoms with E-state index >= 15 is 0 Å². The number of halogens is 4. The molecule has 3 rings (SSSR count). The molecule has 1 aliphatic rings. The van der Waals surface area contributed by atoms with Crippen molar-refractivity contribution in [2.24, 2.45) is 0 Å². The lowest BCUT2D eigenvalue weighted by Crippen LogP contribution is -2.44. The van der Waals surface area contributed by atoms with Gasteiger partial charge in [0.25, 0.3) is 0 Å². The van der Waals surface area contributed by atoms with E-state index in [0.717, 1.165) is 13.1 Å². The summed E-state index contributed by atoms with van der Waals surface area (Å²) >= 11 is 5.77. The van der Waals surface area contributed by atoms with E-state index in [-0.39, 0.29) is 34.9 Å². The highest BCUT2D eigenvalue weighted by molar-refractivity contribution is 6.30. The van der Waals surface area contributed by atoms with Gasteiger partial charge in [0.2, 0.25) is 0 Å². The van der Waals surface area contributed by atoms with E-state index in [1.165, 1.54) is 24.3 Å². The number of nitrogens with one attached hydrogen (secondary N) is 1. The summed E-state index contributed by atoms with van der Waals surface area (Å²) in [5, 5.41) is 7.14. The first-order valence-electron chi connectivity index (χ1n) is 6.87. The van der Waals surface area contributed by atoms with E-state index < -0.39 is 11.8 Å². The van der Waals surface area contributed by atoms with E-state index in [1.807, 2.05) is 11.9 Å². The Hall–Kier alpha value is -1.28. The fourth-order valence-electron chi connectivity index (χ4n) is 2.40. The first-order chi connectivity index (χ1) is 10.5. The van der Waals surface area contributed by atoms with Gasteiger partial charge >= 0.3 is 11.8 Å². The Labute approximate surface area is 143 Å². The summed E-state index contributed by atoms with van der Waals surface area (Å²) in [7, 11) is 1.90. The molecule has 23 heavy (non-hydrogen) atoms. The Balaban J connectivity index is 0.00000192. The van der Waals surface area contributed by atoms with Gasteiger partial charge in [-0.3, -0.25) is 4.90 Å². The Bertz CT molecular complexity index is 668. The highest BCUT2D eigenvalue weighted by Gasteiger charge is 2.41. The SMILES string of the molecule is CN1CCNCC1c1noc(C(F)(F)c2cccc(Cl)c2)n1.Cl. The monoisotopic (exact) mass is 364 g/mol. The first kappa shape index (κ1) is 18.1. The molecule has 126 valence electrons. The van der Waals surface area contributed by atoms with Gasteiger partial charge < -0.3 is 9.84 Å². The van der Waals surface area contributed by atoms with Gasteiger partial charge in [-0.25, -0.2) is 0 Å². The molecule has 1 aliphatic heterocycles. The van der Waals surface area contributed by atoms with E-state index in [9.17, 15) is 8.78 Å². The molecule has 1 N–H and O–H groups in total. The van der Waals surface area contributed by atoms with Crippen molar-refractivity contribution in [1.82, 2.24) is 20.4 Å². The van der Waals surface area contributed by atoms with Gasteiger partial charge in [-0.2, -0.15) is 13.8 Å². The topological polar surface area (TPSA) is 54.2 Å². The van der Waals surface area contributed by atoms with E-state index in [2.05, 4.69) is 15.5 Å². The minimum atomic E-state index is -3.38. The van der Waals surface area contributed by atoms with Crippen molar-refractivity contribution in [3.8, 4) is 0 Å². The number of hydrogen-bond donors (Lipinski definition) is 1. The van der Waals surface area contributed by atoms with Crippen LogP contribution in [0.5, 0.6) is 0 Å². The maximum atomic E-state index is 14.5. The number of benzene rings is 1. The minimum absolute atomic E-state index is 0. The molecule has 0 saturated carbocycles. The standard InChI is InChI=1S/C14H15ClF2N4O.ClH/c1-21-6-5-18-8-11(21)12-19-13(22-20-12)14(16,17)9-3-2-4-10(15)7-9;/h2-4,7,11,18H,5-6,8H2,1H3;1H. The predicted molar refractivity (Wildman–Crippen MR) is 84.2 cm³/mol. The number of hydrogen-bond acceptors (Lipinski definition) is 5. The molecule has 0 amide bonds. The van der Waals surface area contributed by atoms with Crippen molar-refractivity contribution in [3.05, 3.63) is 46.6 Å². The third-order valence-electron chi connectivity index (χ3n) is 3.71. The second-order valence-corrected chi connectivity index (χ2v) is 5.68. The van der Waals surface area contributed by atoms with Gasteiger partial charge in [0.1, 0.15) is 0 Å². The van der Waals surface area contributed by atoms with Crippen LogP contribution in [0.15, 0.2) is 28.8 Å². The van der Waals surface area contributed by atoms with Crippen LogP contribution in [0.3, 0.4) is 0 Å². The van der Waals surface area contributed by atoms with Crippen LogP contribution in [0.2, 0.25) is 5.02 Å². The fourth-order valence-corrected chi connectivity index (χ4v) is 2.59. The number of likely N-dealkylation sites (N-methyl/N-ethyl adjacent to an activating group) is 1. The van der Waals surface area contributed by atoms with Gasteiger partial charge in [-0.15, -0.1) is 12.4 Å². The quantitative estimate of drug-likeness (QED) is 0.907. The summed E-state index contributed by atoms with van der Waals surface area (Å²) < 4.78 is 33.7. The lowest BCUT2D eigenvalue weighted by molar-refractivity contribution is 0.00762. The zero-order valence-electron chi connectivity index (χ0n) is 12.3. The van der Waals surface area contributed by atoms with Gasteiger partial charge in [0, 0.05) is 30.2 Å². The third-order valence-corrected chi connectivity index (χ3v) is 3.94. The van der Waals surface area contributed by atoms with Crippen molar-refractivity contribution in [2.75, 3.05) is 26.7 Å². The van der Waals surface area contributed by atoms with Gasteiger partial charge in [0.05, 0.1) is 6.04 Å². The second kappa shape index (κ2) is 7.09. The minimum Gasteiger partial charge on any atom is -0.332 e. The van der Waals surface area contributed by atoms with Crippen molar-refractivity contribution >= 4 is 24.0 Å². The average Bonchev–Trinajstić information content (AvgIpc) is 2.98. The summed E-state index contributed by atoms with van der Waals surface area (Å²) in [6, 6.07) is 5.29. The molecule has 1 fully saturated rings. The molecule has 0 radical (unpaired) electrons. The number of nitrogens with zero attached hydrogens (tertiary/aromatic N) is 3. The summed E-state index contributed by atoms with van der Waals surface area (Å²) in [6.45, 7) is 2.23. The zero-order chi connectivity index (χ0) is 15.7. The smallest absolute Gasteiger partial charge is 0.332 e. The molecule has 1 aromatic carbocycles. The van der Waals surface area contributed by atoms with Crippen LogP contribution in [0.1, 0.15) is 23.3 Å². The first-order valence-corrected chi connectivity index (χ1v) is 7.25. The molecule has 9 heteroatoms. The van der Waals surface area contributed by atoms with Gasteiger partial charge in [-0.05, 0) is 19.2 Å². The molecule has 0 spiro atoms. The highest BCUT2D eigenvalue weighted by atomic mass is 35.5. The maximum Gasteiger partial charge on any atom is 0.350 e. The van der Waals surface area contributed by atoms with Crippen molar-refractivity contribution in [1.29, 1.82) is 0 Å². The fraction of sp³-hybridized carbons (Fsp3) is 0.429. The molecular formula is C14H16Cl2F2N4O. The Kier molecular flexibility index (Phi) is 5.57. The molecule has 2 heterocycles. The van der Waals surface area contributed by atoms with E-state index in [4.69, 9.17) is 16.1 Å². The molecular weight excluding hydrogens is 349 g/mol. The van der Waals surface area contributed by atoms with Crippen molar-refractivity contribution in [2.45, 2.75) is 12.0 Å². The highest BCUT2D eigenvalue weighted by Crippen LogP contribution is 2.36. The Morgan fingerprint density at radius 1 is 1.43 bits per heavy atom. The van der Waals surface area contributed by atoms with Crippen LogP contribution in [0.4, 0.5) is 8.78 Å². The number of piperazine rings is 1. The van der Waals surface area contributed by atoms with Crippen molar-refractivity contribution in [3.63, 3.8) is 0 Å². The van der Waals surface area contributed by atoms with E-state index in [1.54, 1.807) is 0 Å². The Morgan fingerprint density at radius 3 is 2.91 bits per heavy atom. The van der Waals surface area contributed by atoms with Gasteiger partial charge in [0.15, 0.2) is 5.82 Å². The van der Waals surface area contributed by atoms with Crippen LogP contribution in [-0.2, 0) is 5.92 Å². The second-order valence-electron chi connectivity index (χ2n) is 5.24. The normalized spacial score (nSPS) is 19.4. The molecule has 1 aromatic heterocycles. The summed E-state index contributed by atoms with van der Waals surface area (Å²) in [6.07, 6.45) is 0. The maximum absolute atomic E-state index is 14.5. The summed E-state index contributed by atoms with van der Waals surface area (Å²) in [5.41, 5.74) is -0.273. The number of aromatic nitrogens is 2. The molecule has 5 nitrogen and oxygen atoms in total. The summed E-state index contributed by atoms with van der Waals surface area (Å²) in [4.78, 5) is 5.91. The van der Waals surface area contributed by atoms with Crippen LogP contribution in [0.25, 0.3) is 0 Å². The van der Waals surface area contributed by atoms with E-state index in [0.29, 0.717) is 6.54 Å². The molecule has 1 atom stereocenters. The number of alkyl halides is 2. The van der Waals surface area contributed by atoms with Crippen LogP contribution in [-0.4, -0.2) is 41.7 Å². The Morgan fingerprint density at radius 2 is 2.22 bits per heavy atom. The lowest BCUT2D eigenvalue weighted by Gasteiger charge is -2.30. The summed E-state index contributed by atoms with van der Waals surface area (Å²) in [5.74, 6) is -3.84. The molecule has 0 aliphatic carbocycles. The third kappa shape index (κ3) is 3.63. The van der Waals surface area contributed by atoms with Crippen LogP contribution >= 0.6 is 24.0 Å². The van der Waals surface area contributed by atoms with Crippen molar-refractivity contribution < 1.29 is 13.3 Å². The molecule has 2 aromatic rings. The zero-order valence-corrected chi connectivity index (χ0v) is 13.9. The largest absolute Gasteiger partial charge is 0.350 e. The van der Waals surface area contributed by atoms with Gasteiger partial charge in [-0.1, -0.05) is 28.9 Å². The molecule has 0 bridgehead atoms. The van der Waals surface area contributed by atoms with Crippen LogP contribution in [0, 0.1) is 0 Å². The number of rotatable bonds is 3. The lowest BCUT2D eigenvalue weighted by atomic mass is 10.1. The predicted octanol–water partition coefficient (Wildman–Crippen LogP) is 2.86. The van der Waals surface area contributed by atoms with Crippen LogP contribution < -0.4 is 5.32 Å². The molecule has 1 saturated heterocycles.